The minimum absolute atomic E-state index is 0.0294. The summed E-state index contributed by atoms with van der Waals surface area (Å²) in [6, 6.07) is 14.3. The maximum absolute atomic E-state index is 12.2. The average molecular weight is 267 g/mol. The van der Waals surface area contributed by atoms with E-state index < -0.39 is 17.5 Å². The number of ketones is 2. The van der Waals surface area contributed by atoms with Gasteiger partial charge in [-0.2, -0.15) is 0 Å². The maximum Gasteiger partial charge on any atom is 0.311 e. The average Bonchev–Trinajstić information content (AvgIpc) is 2.46. The van der Waals surface area contributed by atoms with Crippen molar-refractivity contribution in [3.05, 3.63) is 72.6 Å². The predicted molar refractivity (Wildman–Crippen MR) is 72.5 cm³/mol. The Morgan fingerprint density at radius 1 is 0.800 bits per heavy atom. The molecular formula is C16H11O4. The van der Waals surface area contributed by atoms with Crippen LogP contribution in [0.25, 0.3) is 0 Å². The van der Waals surface area contributed by atoms with Crippen molar-refractivity contribution in [1.82, 2.24) is 0 Å². The van der Waals surface area contributed by atoms with Gasteiger partial charge in [-0.15, -0.1) is 0 Å². The molecule has 2 aromatic carbocycles. The van der Waals surface area contributed by atoms with Crippen LogP contribution in [0.3, 0.4) is 0 Å². The van der Waals surface area contributed by atoms with Gasteiger partial charge in [-0.25, -0.2) is 0 Å². The second-order valence-corrected chi connectivity index (χ2v) is 3.99. The summed E-state index contributed by atoms with van der Waals surface area (Å²) in [5, 5.41) is 0. The van der Waals surface area contributed by atoms with Gasteiger partial charge < -0.3 is 4.74 Å². The van der Waals surface area contributed by atoms with Crippen LogP contribution in [0.15, 0.2) is 54.6 Å². The first-order valence-corrected chi connectivity index (χ1v) is 5.86. The van der Waals surface area contributed by atoms with Gasteiger partial charge in [0.15, 0.2) is 0 Å². The molecule has 0 heterocycles. The Balaban J connectivity index is 2.34. The Hall–Kier alpha value is -2.75. The summed E-state index contributed by atoms with van der Waals surface area (Å²) >= 11 is 0. The number of carbonyl (C=O) groups excluding carboxylic acids is 3. The van der Waals surface area contributed by atoms with E-state index in [-0.39, 0.29) is 16.9 Å². The molecule has 0 amide bonds. The number of benzene rings is 2. The lowest BCUT2D eigenvalue weighted by Crippen LogP contribution is -2.16. The Bertz CT molecular complexity index is 659. The summed E-state index contributed by atoms with van der Waals surface area (Å²) in [6.45, 7) is 3.08. The molecule has 0 aliphatic carbocycles. The van der Waals surface area contributed by atoms with Crippen LogP contribution in [0.2, 0.25) is 0 Å². The van der Waals surface area contributed by atoms with Crippen molar-refractivity contribution in [2.75, 3.05) is 0 Å². The highest BCUT2D eigenvalue weighted by atomic mass is 16.5. The minimum Gasteiger partial charge on any atom is -0.426 e. The molecule has 99 valence electrons. The van der Waals surface area contributed by atoms with Gasteiger partial charge in [-0.3, -0.25) is 14.4 Å². The van der Waals surface area contributed by atoms with Gasteiger partial charge in [0, 0.05) is 5.56 Å². The summed E-state index contributed by atoms with van der Waals surface area (Å²) in [6.07, 6.45) is 0. The largest absolute Gasteiger partial charge is 0.426 e. The van der Waals surface area contributed by atoms with Gasteiger partial charge in [0.1, 0.15) is 5.75 Å². The quantitative estimate of drug-likeness (QED) is 0.369. The molecular weight excluding hydrogens is 256 g/mol. The Labute approximate surface area is 116 Å². The van der Waals surface area contributed by atoms with E-state index in [1.54, 1.807) is 42.5 Å². The highest BCUT2D eigenvalue weighted by molar-refractivity contribution is 6.49. The lowest BCUT2D eigenvalue weighted by atomic mass is 10.0. The van der Waals surface area contributed by atoms with E-state index in [9.17, 15) is 14.4 Å². The highest BCUT2D eigenvalue weighted by Crippen LogP contribution is 2.20. The van der Waals surface area contributed by atoms with Crippen LogP contribution < -0.4 is 4.74 Å². The van der Waals surface area contributed by atoms with Gasteiger partial charge in [-0.1, -0.05) is 42.5 Å². The van der Waals surface area contributed by atoms with E-state index in [0.29, 0.717) is 0 Å². The van der Waals surface area contributed by atoms with Gasteiger partial charge in [-0.05, 0) is 12.1 Å². The number of Topliss-reactive ketones (excluding diaryl/α,β-unsaturated/α-hetero) is 2. The zero-order chi connectivity index (χ0) is 14.5. The van der Waals surface area contributed by atoms with Crippen molar-refractivity contribution in [3.8, 4) is 5.75 Å². The maximum atomic E-state index is 12.2. The van der Waals surface area contributed by atoms with Crippen molar-refractivity contribution in [1.29, 1.82) is 0 Å². The van der Waals surface area contributed by atoms with Crippen LogP contribution in [-0.4, -0.2) is 17.5 Å². The van der Waals surface area contributed by atoms with Crippen molar-refractivity contribution in [3.63, 3.8) is 0 Å². The number of rotatable bonds is 4. The van der Waals surface area contributed by atoms with Crippen LogP contribution in [0.4, 0.5) is 0 Å². The lowest BCUT2D eigenvalue weighted by Gasteiger charge is -2.07. The summed E-state index contributed by atoms with van der Waals surface area (Å²) in [5.41, 5.74) is 0.326. The third-order valence-electron chi connectivity index (χ3n) is 2.60. The molecule has 2 aromatic rings. The molecule has 0 aliphatic rings. The topological polar surface area (TPSA) is 60.4 Å². The third-order valence-corrected chi connectivity index (χ3v) is 2.60. The second-order valence-electron chi connectivity index (χ2n) is 3.99. The second kappa shape index (κ2) is 5.93. The molecule has 0 atom stereocenters. The van der Waals surface area contributed by atoms with Crippen LogP contribution >= 0.6 is 0 Å². The van der Waals surface area contributed by atoms with E-state index in [1.807, 2.05) is 0 Å². The number of hydrogen-bond acceptors (Lipinski definition) is 4. The SMILES string of the molecule is [CH2]C(=O)Oc1ccccc1C(=O)C(=O)c1ccccc1. The van der Waals surface area contributed by atoms with E-state index >= 15 is 0 Å². The molecule has 0 saturated carbocycles. The third kappa shape index (κ3) is 2.98. The molecule has 0 N–H and O–H groups in total. The first-order valence-electron chi connectivity index (χ1n) is 5.86. The summed E-state index contributed by atoms with van der Waals surface area (Å²) in [7, 11) is 0. The van der Waals surface area contributed by atoms with Crippen LogP contribution in [0.5, 0.6) is 5.75 Å². The van der Waals surface area contributed by atoms with E-state index in [1.165, 1.54) is 12.1 Å². The fourth-order valence-electron chi connectivity index (χ4n) is 1.71. The van der Waals surface area contributed by atoms with Gasteiger partial charge in [0.2, 0.25) is 11.6 Å². The number of hydrogen-bond donors (Lipinski definition) is 0. The number of ether oxygens (including phenoxy) is 1. The smallest absolute Gasteiger partial charge is 0.311 e. The first kappa shape index (κ1) is 13.7. The Morgan fingerprint density at radius 2 is 1.40 bits per heavy atom. The molecule has 1 radical (unpaired) electrons. The zero-order valence-electron chi connectivity index (χ0n) is 10.5. The molecule has 4 heteroatoms. The minimum atomic E-state index is -0.794. The normalized spacial score (nSPS) is 9.85. The van der Waals surface area contributed by atoms with Crippen LogP contribution in [0.1, 0.15) is 20.7 Å². The first-order chi connectivity index (χ1) is 9.59. The van der Waals surface area contributed by atoms with E-state index in [2.05, 4.69) is 6.92 Å². The standard InChI is InChI=1S/C16H11O4/c1-11(17)20-14-10-6-5-9-13(14)16(19)15(18)12-7-3-2-4-8-12/h2-10H,1H2. The van der Waals surface area contributed by atoms with E-state index in [0.717, 1.165) is 0 Å². The van der Waals surface area contributed by atoms with Crippen molar-refractivity contribution in [2.24, 2.45) is 0 Å². The number of para-hydroxylation sites is 1. The van der Waals surface area contributed by atoms with Gasteiger partial charge in [0.05, 0.1) is 12.5 Å². The fourth-order valence-corrected chi connectivity index (χ4v) is 1.71. The Morgan fingerprint density at radius 3 is 2.05 bits per heavy atom. The molecule has 2 rings (SSSR count). The zero-order valence-corrected chi connectivity index (χ0v) is 10.5. The lowest BCUT2D eigenvalue weighted by molar-refractivity contribution is -0.129. The van der Waals surface area contributed by atoms with Crippen molar-refractivity contribution < 1.29 is 19.1 Å². The Kier molecular flexibility index (Phi) is 4.05. The van der Waals surface area contributed by atoms with Crippen LogP contribution in [-0.2, 0) is 4.79 Å². The molecule has 0 aliphatic heterocycles. The van der Waals surface area contributed by atoms with Gasteiger partial charge in [0.25, 0.3) is 0 Å². The molecule has 0 saturated heterocycles. The van der Waals surface area contributed by atoms with Crippen molar-refractivity contribution in [2.45, 2.75) is 0 Å². The van der Waals surface area contributed by atoms with Crippen molar-refractivity contribution >= 4 is 17.5 Å². The molecule has 20 heavy (non-hydrogen) atoms. The highest BCUT2D eigenvalue weighted by Gasteiger charge is 2.22. The van der Waals surface area contributed by atoms with Gasteiger partial charge >= 0.3 is 5.97 Å². The molecule has 4 nitrogen and oxygen atoms in total. The molecule has 0 bridgehead atoms. The number of esters is 1. The van der Waals surface area contributed by atoms with Crippen LogP contribution in [0, 0.1) is 6.92 Å². The predicted octanol–water partition coefficient (Wildman–Crippen LogP) is 2.49. The molecule has 0 fully saturated rings. The summed E-state index contributed by atoms with van der Waals surface area (Å²) in [5.74, 6) is -2.15. The summed E-state index contributed by atoms with van der Waals surface area (Å²) < 4.78 is 4.83. The fraction of sp³-hybridized carbons (Fsp3) is 0. The molecule has 0 aromatic heterocycles. The number of carbonyl (C=O) groups is 3. The molecule has 0 unspecified atom stereocenters. The monoisotopic (exact) mass is 267 g/mol. The molecule has 0 spiro atoms. The summed E-state index contributed by atoms with van der Waals surface area (Å²) in [4.78, 5) is 35.2. The van der Waals surface area contributed by atoms with E-state index in [4.69, 9.17) is 4.74 Å².